The third-order valence-corrected chi connectivity index (χ3v) is 3.65. The van der Waals surface area contributed by atoms with Crippen LogP contribution in [-0.2, 0) is 0 Å². The first-order valence-corrected chi connectivity index (χ1v) is 6.47. The first-order chi connectivity index (χ1) is 7.98. The Kier molecular flexibility index (Phi) is 4.77. The molecule has 6 heteroatoms. The Hall–Kier alpha value is -1.27. The van der Waals surface area contributed by atoms with Crippen molar-refractivity contribution in [3.05, 3.63) is 23.9 Å². The van der Waals surface area contributed by atoms with Gasteiger partial charge in [0.15, 0.2) is 0 Å². The molecule has 0 atom stereocenters. The van der Waals surface area contributed by atoms with E-state index in [9.17, 15) is 4.79 Å². The molecule has 0 radical (unpaired) electrons. The van der Waals surface area contributed by atoms with Crippen molar-refractivity contribution < 1.29 is 4.79 Å². The van der Waals surface area contributed by atoms with Gasteiger partial charge >= 0.3 is 0 Å². The van der Waals surface area contributed by atoms with Gasteiger partial charge in [0.05, 0.1) is 5.56 Å². The standard InChI is InChI=1S/C11H18N4OS/c1-11(2,17-3)7-14-10(16)8-4-5-9(15-12)13-6-8/h4-6H,7,12H2,1-3H3,(H,13,15)(H,14,16). The maximum Gasteiger partial charge on any atom is 0.252 e. The molecule has 0 aliphatic carbocycles. The summed E-state index contributed by atoms with van der Waals surface area (Å²) in [4.78, 5) is 15.8. The molecule has 17 heavy (non-hydrogen) atoms. The van der Waals surface area contributed by atoms with E-state index in [2.05, 4.69) is 29.6 Å². The second kappa shape index (κ2) is 5.88. The molecule has 0 saturated carbocycles. The summed E-state index contributed by atoms with van der Waals surface area (Å²) in [7, 11) is 0. The van der Waals surface area contributed by atoms with Gasteiger partial charge in [0.2, 0.25) is 0 Å². The molecule has 1 heterocycles. The maximum absolute atomic E-state index is 11.8. The number of nitrogens with one attached hydrogen (secondary N) is 2. The van der Waals surface area contributed by atoms with E-state index in [-0.39, 0.29) is 10.7 Å². The van der Waals surface area contributed by atoms with Crippen molar-refractivity contribution in [1.29, 1.82) is 0 Å². The molecule has 0 saturated heterocycles. The lowest BCUT2D eigenvalue weighted by Gasteiger charge is -2.22. The number of thioether (sulfide) groups is 1. The van der Waals surface area contributed by atoms with E-state index in [1.54, 1.807) is 23.9 Å². The van der Waals surface area contributed by atoms with Gasteiger partial charge in [0.1, 0.15) is 5.82 Å². The van der Waals surface area contributed by atoms with Crippen LogP contribution in [0.1, 0.15) is 24.2 Å². The Morgan fingerprint density at radius 1 is 1.53 bits per heavy atom. The number of hydrogen-bond acceptors (Lipinski definition) is 5. The third-order valence-electron chi connectivity index (χ3n) is 2.40. The summed E-state index contributed by atoms with van der Waals surface area (Å²) in [6.45, 7) is 4.78. The predicted octanol–water partition coefficient (Wildman–Crippen LogP) is 1.24. The number of pyridine rings is 1. The highest BCUT2D eigenvalue weighted by atomic mass is 32.2. The van der Waals surface area contributed by atoms with Gasteiger partial charge in [-0.15, -0.1) is 0 Å². The average Bonchev–Trinajstić information content (AvgIpc) is 2.36. The molecular formula is C11H18N4OS. The molecule has 0 spiro atoms. The molecule has 94 valence electrons. The topological polar surface area (TPSA) is 80.0 Å². The van der Waals surface area contributed by atoms with Crippen molar-refractivity contribution in [2.45, 2.75) is 18.6 Å². The van der Waals surface area contributed by atoms with Crippen LogP contribution in [0.25, 0.3) is 0 Å². The van der Waals surface area contributed by atoms with Crippen LogP contribution >= 0.6 is 11.8 Å². The van der Waals surface area contributed by atoms with Crippen molar-refractivity contribution in [2.24, 2.45) is 5.84 Å². The number of hydrazine groups is 1. The smallest absolute Gasteiger partial charge is 0.252 e. The van der Waals surface area contributed by atoms with E-state index in [0.717, 1.165) is 0 Å². The van der Waals surface area contributed by atoms with Crippen LogP contribution in [0.15, 0.2) is 18.3 Å². The first kappa shape index (κ1) is 13.8. The number of aromatic nitrogens is 1. The molecule has 1 amide bonds. The maximum atomic E-state index is 11.8. The fourth-order valence-corrected chi connectivity index (χ4v) is 1.30. The van der Waals surface area contributed by atoms with E-state index in [0.29, 0.717) is 17.9 Å². The van der Waals surface area contributed by atoms with Gasteiger partial charge in [0, 0.05) is 17.5 Å². The van der Waals surface area contributed by atoms with E-state index >= 15 is 0 Å². The number of amides is 1. The van der Waals surface area contributed by atoms with Crippen LogP contribution in [0.3, 0.4) is 0 Å². The summed E-state index contributed by atoms with van der Waals surface area (Å²) in [5.41, 5.74) is 2.94. The summed E-state index contributed by atoms with van der Waals surface area (Å²) in [5, 5.41) is 2.88. The summed E-state index contributed by atoms with van der Waals surface area (Å²) < 4.78 is 0.0296. The number of anilines is 1. The van der Waals surface area contributed by atoms with E-state index in [4.69, 9.17) is 5.84 Å². The summed E-state index contributed by atoms with van der Waals surface area (Å²) >= 11 is 1.71. The predicted molar refractivity (Wildman–Crippen MR) is 72.0 cm³/mol. The number of hydrogen-bond donors (Lipinski definition) is 3. The van der Waals surface area contributed by atoms with Crippen molar-refractivity contribution in [2.75, 3.05) is 18.2 Å². The lowest BCUT2D eigenvalue weighted by molar-refractivity contribution is 0.0950. The Bertz CT molecular complexity index is 378. The summed E-state index contributed by atoms with van der Waals surface area (Å²) in [6, 6.07) is 3.35. The Labute approximate surface area is 106 Å². The molecule has 0 unspecified atom stereocenters. The Morgan fingerprint density at radius 2 is 2.24 bits per heavy atom. The highest BCUT2D eigenvalue weighted by molar-refractivity contribution is 7.99. The lowest BCUT2D eigenvalue weighted by Crippen LogP contribution is -2.36. The van der Waals surface area contributed by atoms with Gasteiger partial charge in [-0.2, -0.15) is 11.8 Å². The molecule has 1 aromatic rings. The van der Waals surface area contributed by atoms with E-state index in [1.807, 2.05) is 6.26 Å². The molecule has 0 fully saturated rings. The molecule has 4 N–H and O–H groups in total. The zero-order chi connectivity index (χ0) is 12.9. The Balaban J connectivity index is 2.58. The van der Waals surface area contributed by atoms with Gasteiger partial charge in [-0.05, 0) is 32.2 Å². The molecule has 0 aromatic carbocycles. The minimum Gasteiger partial charge on any atom is -0.351 e. The first-order valence-electron chi connectivity index (χ1n) is 5.24. The average molecular weight is 254 g/mol. The highest BCUT2D eigenvalue weighted by Gasteiger charge is 2.17. The zero-order valence-electron chi connectivity index (χ0n) is 10.3. The van der Waals surface area contributed by atoms with Gasteiger partial charge in [-0.1, -0.05) is 0 Å². The minimum absolute atomic E-state index is 0.0296. The van der Waals surface area contributed by atoms with Crippen molar-refractivity contribution in [3.63, 3.8) is 0 Å². The number of nitrogen functional groups attached to an aromatic ring is 1. The van der Waals surface area contributed by atoms with Crippen molar-refractivity contribution in [3.8, 4) is 0 Å². The van der Waals surface area contributed by atoms with Crippen LogP contribution in [-0.4, -0.2) is 28.4 Å². The lowest BCUT2D eigenvalue weighted by atomic mass is 10.2. The normalized spacial score (nSPS) is 11.1. The fourth-order valence-electron chi connectivity index (χ4n) is 1.08. The second-order valence-corrected chi connectivity index (χ2v) is 5.74. The minimum atomic E-state index is -0.122. The van der Waals surface area contributed by atoms with Crippen LogP contribution in [0.4, 0.5) is 5.82 Å². The second-order valence-electron chi connectivity index (χ2n) is 4.22. The van der Waals surface area contributed by atoms with Gasteiger partial charge in [-0.3, -0.25) is 4.79 Å². The Morgan fingerprint density at radius 3 is 2.71 bits per heavy atom. The fraction of sp³-hybridized carbons (Fsp3) is 0.455. The van der Waals surface area contributed by atoms with Crippen LogP contribution < -0.4 is 16.6 Å². The number of rotatable bonds is 5. The van der Waals surface area contributed by atoms with Crippen molar-refractivity contribution >= 4 is 23.5 Å². The summed E-state index contributed by atoms with van der Waals surface area (Å²) in [6.07, 6.45) is 3.52. The van der Waals surface area contributed by atoms with Crippen molar-refractivity contribution in [1.82, 2.24) is 10.3 Å². The van der Waals surface area contributed by atoms with Crippen LogP contribution in [0, 0.1) is 0 Å². The quantitative estimate of drug-likeness (QED) is 0.544. The number of carbonyl (C=O) groups is 1. The molecule has 1 rings (SSSR count). The third kappa shape index (κ3) is 4.24. The van der Waals surface area contributed by atoms with Gasteiger partial charge in [-0.25, -0.2) is 10.8 Å². The molecule has 0 aliphatic heterocycles. The molecule has 0 aliphatic rings. The van der Waals surface area contributed by atoms with E-state index < -0.39 is 0 Å². The largest absolute Gasteiger partial charge is 0.351 e. The molecular weight excluding hydrogens is 236 g/mol. The number of carbonyl (C=O) groups excluding carboxylic acids is 1. The van der Waals surface area contributed by atoms with Crippen LogP contribution in [0.2, 0.25) is 0 Å². The number of nitrogens with zero attached hydrogens (tertiary/aromatic N) is 1. The highest BCUT2D eigenvalue weighted by Crippen LogP contribution is 2.19. The molecule has 1 aromatic heterocycles. The van der Waals surface area contributed by atoms with Gasteiger partial charge in [0.25, 0.3) is 5.91 Å². The molecule has 5 nitrogen and oxygen atoms in total. The summed E-state index contributed by atoms with van der Waals surface area (Å²) in [5.74, 6) is 5.61. The van der Waals surface area contributed by atoms with Gasteiger partial charge < -0.3 is 10.7 Å². The zero-order valence-corrected chi connectivity index (χ0v) is 11.1. The van der Waals surface area contributed by atoms with E-state index in [1.165, 1.54) is 6.20 Å². The number of nitrogens with two attached hydrogens (primary N) is 1. The van der Waals surface area contributed by atoms with Crippen LogP contribution in [0.5, 0.6) is 0 Å². The monoisotopic (exact) mass is 254 g/mol. The molecule has 0 bridgehead atoms. The SMILES string of the molecule is CSC(C)(C)CNC(=O)c1ccc(NN)nc1.